The van der Waals surface area contributed by atoms with Gasteiger partial charge < -0.3 is 10.6 Å². The van der Waals surface area contributed by atoms with E-state index in [0.29, 0.717) is 13.0 Å². The van der Waals surface area contributed by atoms with Gasteiger partial charge in [-0.15, -0.1) is 0 Å². The van der Waals surface area contributed by atoms with Crippen LogP contribution in [0.15, 0.2) is 24.3 Å². The molecule has 1 aromatic carbocycles. The molecule has 0 saturated heterocycles. The molecule has 0 aromatic heterocycles. The maximum absolute atomic E-state index is 11.7. The lowest BCUT2D eigenvalue weighted by atomic mass is 10.0. The molecular formula is C14H22N2O. The van der Waals surface area contributed by atoms with Crippen LogP contribution < -0.4 is 10.6 Å². The molecule has 1 aromatic rings. The van der Waals surface area contributed by atoms with E-state index in [1.54, 1.807) is 0 Å². The summed E-state index contributed by atoms with van der Waals surface area (Å²) in [5.74, 6) is 0.0740. The Labute approximate surface area is 104 Å². The molecule has 0 aliphatic carbocycles. The van der Waals surface area contributed by atoms with Gasteiger partial charge in [0.25, 0.3) is 0 Å². The van der Waals surface area contributed by atoms with Crippen LogP contribution in [0.4, 0.5) is 0 Å². The molecule has 0 atom stereocenters. The number of hydrogen-bond donors (Lipinski definition) is 2. The molecule has 0 radical (unpaired) electrons. The van der Waals surface area contributed by atoms with Gasteiger partial charge in [0.05, 0.1) is 0 Å². The van der Waals surface area contributed by atoms with E-state index in [1.807, 2.05) is 33.0 Å². The summed E-state index contributed by atoms with van der Waals surface area (Å²) >= 11 is 0. The van der Waals surface area contributed by atoms with Gasteiger partial charge >= 0.3 is 0 Å². The number of amides is 1. The second-order valence-corrected chi connectivity index (χ2v) is 5.07. The molecule has 1 amide bonds. The highest BCUT2D eigenvalue weighted by molar-refractivity contribution is 5.77. The van der Waals surface area contributed by atoms with Crippen LogP contribution in [0, 0.1) is 6.92 Å². The molecule has 2 N–H and O–H groups in total. The van der Waals surface area contributed by atoms with E-state index in [0.717, 1.165) is 5.56 Å². The molecule has 0 aliphatic heterocycles. The maximum Gasteiger partial charge on any atom is 0.222 e. The zero-order valence-corrected chi connectivity index (χ0v) is 11.1. The largest absolute Gasteiger partial charge is 0.352 e. The highest BCUT2D eigenvalue weighted by Gasteiger charge is 2.18. The highest BCUT2D eigenvalue weighted by Crippen LogP contribution is 2.07. The first-order chi connectivity index (χ1) is 7.93. The molecule has 17 heavy (non-hydrogen) atoms. The molecule has 0 bridgehead atoms. The fourth-order valence-corrected chi connectivity index (χ4v) is 1.46. The van der Waals surface area contributed by atoms with Crippen LogP contribution in [-0.2, 0) is 11.3 Å². The minimum Gasteiger partial charge on any atom is -0.352 e. The fourth-order valence-electron chi connectivity index (χ4n) is 1.46. The smallest absolute Gasteiger partial charge is 0.222 e. The van der Waals surface area contributed by atoms with Crippen LogP contribution in [0.2, 0.25) is 0 Å². The van der Waals surface area contributed by atoms with Gasteiger partial charge in [0.15, 0.2) is 0 Å². The third-order valence-electron chi connectivity index (χ3n) is 2.89. The van der Waals surface area contributed by atoms with Gasteiger partial charge in [0.2, 0.25) is 5.91 Å². The second-order valence-electron chi connectivity index (χ2n) is 5.07. The zero-order valence-electron chi connectivity index (χ0n) is 11.1. The number of benzene rings is 1. The lowest BCUT2D eigenvalue weighted by Gasteiger charge is -2.23. The van der Waals surface area contributed by atoms with E-state index in [4.69, 9.17) is 0 Å². The fraction of sp³-hybridized carbons (Fsp3) is 0.500. The Balaban J connectivity index is 2.41. The Morgan fingerprint density at radius 1 is 1.24 bits per heavy atom. The van der Waals surface area contributed by atoms with Gasteiger partial charge in [0.1, 0.15) is 0 Å². The van der Waals surface area contributed by atoms with Gasteiger partial charge in [-0.3, -0.25) is 4.79 Å². The summed E-state index contributed by atoms with van der Waals surface area (Å²) in [6, 6.07) is 8.19. The predicted octanol–water partition coefficient (Wildman–Crippen LogP) is 2.00. The van der Waals surface area contributed by atoms with Crippen molar-refractivity contribution in [2.75, 3.05) is 7.05 Å². The summed E-state index contributed by atoms with van der Waals surface area (Å²) in [5, 5.41) is 6.05. The Bertz CT molecular complexity index is 368. The number of aryl methyl sites for hydroxylation is 1. The number of carbonyl (C=O) groups is 1. The van der Waals surface area contributed by atoms with Crippen molar-refractivity contribution in [3.8, 4) is 0 Å². The molecule has 3 nitrogen and oxygen atoms in total. The Hall–Kier alpha value is -1.35. The standard InChI is InChI=1S/C14H22N2O/c1-11-5-7-12(8-6-11)10-16-13(17)9-14(2,3)15-4/h5-8,15H,9-10H2,1-4H3,(H,16,17). The molecule has 0 spiro atoms. The quantitative estimate of drug-likeness (QED) is 0.818. The molecule has 0 heterocycles. The third kappa shape index (κ3) is 5.00. The number of rotatable bonds is 5. The van der Waals surface area contributed by atoms with Crippen LogP contribution in [0.1, 0.15) is 31.4 Å². The van der Waals surface area contributed by atoms with Gasteiger partial charge in [-0.25, -0.2) is 0 Å². The van der Waals surface area contributed by atoms with Crippen molar-refractivity contribution in [3.63, 3.8) is 0 Å². The van der Waals surface area contributed by atoms with Crippen LogP contribution in [0.5, 0.6) is 0 Å². The van der Waals surface area contributed by atoms with Crippen molar-refractivity contribution in [2.24, 2.45) is 0 Å². The zero-order chi connectivity index (χ0) is 12.9. The summed E-state index contributed by atoms with van der Waals surface area (Å²) in [6.07, 6.45) is 0.482. The summed E-state index contributed by atoms with van der Waals surface area (Å²) in [7, 11) is 1.87. The molecule has 0 unspecified atom stereocenters. The molecule has 3 heteroatoms. The van der Waals surface area contributed by atoms with Crippen LogP contribution in [0.3, 0.4) is 0 Å². The Kier molecular flexibility index (Phi) is 4.70. The van der Waals surface area contributed by atoms with Crippen molar-refractivity contribution < 1.29 is 4.79 Å². The van der Waals surface area contributed by atoms with E-state index in [9.17, 15) is 4.79 Å². The normalized spacial score (nSPS) is 11.3. The van der Waals surface area contributed by atoms with Crippen LogP contribution >= 0.6 is 0 Å². The number of carbonyl (C=O) groups excluding carboxylic acids is 1. The van der Waals surface area contributed by atoms with Crippen molar-refractivity contribution in [3.05, 3.63) is 35.4 Å². The lowest BCUT2D eigenvalue weighted by Crippen LogP contribution is -2.41. The summed E-state index contributed by atoms with van der Waals surface area (Å²) in [5.41, 5.74) is 2.21. The SMILES string of the molecule is CNC(C)(C)CC(=O)NCc1ccc(C)cc1. The first-order valence-electron chi connectivity index (χ1n) is 5.94. The first-order valence-corrected chi connectivity index (χ1v) is 5.94. The molecule has 1 rings (SSSR count). The number of hydrogen-bond acceptors (Lipinski definition) is 2. The third-order valence-corrected chi connectivity index (χ3v) is 2.89. The van der Waals surface area contributed by atoms with E-state index >= 15 is 0 Å². The van der Waals surface area contributed by atoms with Gasteiger partial charge in [-0.1, -0.05) is 29.8 Å². The molecule has 94 valence electrons. The predicted molar refractivity (Wildman–Crippen MR) is 70.8 cm³/mol. The maximum atomic E-state index is 11.7. The minimum atomic E-state index is -0.155. The van der Waals surface area contributed by atoms with E-state index in [1.165, 1.54) is 5.56 Å². The summed E-state index contributed by atoms with van der Waals surface area (Å²) < 4.78 is 0. The number of nitrogens with one attached hydrogen (secondary N) is 2. The molecule has 0 aliphatic rings. The van der Waals surface area contributed by atoms with Gasteiger partial charge in [0, 0.05) is 18.5 Å². The molecule has 0 saturated carbocycles. The average Bonchev–Trinajstić information content (AvgIpc) is 2.28. The van der Waals surface area contributed by atoms with Crippen molar-refractivity contribution in [2.45, 2.75) is 39.3 Å². The summed E-state index contributed by atoms with van der Waals surface area (Å²) in [6.45, 7) is 6.67. The first kappa shape index (κ1) is 13.7. The van der Waals surface area contributed by atoms with E-state index in [-0.39, 0.29) is 11.4 Å². The minimum absolute atomic E-state index is 0.0740. The van der Waals surface area contributed by atoms with Crippen LogP contribution in [-0.4, -0.2) is 18.5 Å². The van der Waals surface area contributed by atoms with E-state index in [2.05, 4.69) is 29.7 Å². The highest BCUT2D eigenvalue weighted by atomic mass is 16.1. The topological polar surface area (TPSA) is 41.1 Å². The monoisotopic (exact) mass is 234 g/mol. The van der Waals surface area contributed by atoms with Crippen molar-refractivity contribution >= 4 is 5.91 Å². The van der Waals surface area contributed by atoms with Crippen molar-refractivity contribution in [1.82, 2.24) is 10.6 Å². The Morgan fingerprint density at radius 2 is 1.82 bits per heavy atom. The van der Waals surface area contributed by atoms with E-state index < -0.39 is 0 Å². The average molecular weight is 234 g/mol. The lowest BCUT2D eigenvalue weighted by molar-refractivity contribution is -0.122. The molecular weight excluding hydrogens is 212 g/mol. The Morgan fingerprint density at radius 3 is 2.35 bits per heavy atom. The second kappa shape index (κ2) is 5.82. The van der Waals surface area contributed by atoms with Gasteiger partial charge in [-0.05, 0) is 33.4 Å². The van der Waals surface area contributed by atoms with Gasteiger partial charge in [-0.2, -0.15) is 0 Å². The summed E-state index contributed by atoms with van der Waals surface area (Å²) in [4.78, 5) is 11.7. The van der Waals surface area contributed by atoms with Crippen molar-refractivity contribution in [1.29, 1.82) is 0 Å². The van der Waals surface area contributed by atoms with Crippen LogP contribution in [0.25, 0.3) is 0 Å². The molecule has 0 fully saturated rings.